The second-order valence-electron chi connectivity index (χ2n) is 12.5. The minimum atomic E-state index is 0. The first kappa shape index (κ1) is 49.3. The number of nitrogens with zero attached hydrogens (tertiary/aromatic N) is 8. The van der Waals surface area contributed by atoms with Crippen LogP contribution in [0.25, 0.3) is 67.9 Å². The average molecular weight is 989 g/mol. The van der Waals surface area contributed by atoms with Gasteiger partial charge in [-0.05, 0) is 76.7 Å². The molecule has 0 unspecified atom stereocenters. The number of aliphatic hydroxyl groups excluding tert-OH is 2. The van der Waals surface area contributed by atoms with E-state index in [-0.39, 0.29) is 51.5 Å². The molecule has 10 heterocycles. The van der Waals surface area contributed by atoms with Crippen LogP contribution < -0.4 is 50.3 Å². The van der Waals surface area contributed by atoms with Gasteiger partial charge in [-0.1, -0.05) is 42.5 Å². The molecule has 0 fully saturated rings. The number of fused-ring (bicyclic) bond motifs is 16. The van der Waals surface area contributed by atoms with Crippen LogP contribution in [0.15, 0.2) is 134 Å². The van der Waals surface area contributed by atoms with E-state index in [2.05, 4.69) is 207 Å². The number of rotatable bonds is 0. The molecule has 10 N–H and O–H groups in total. The number of aliphatic hydroxyl groups is 2. The Morgan fingerprint density at radius 1 is 0.417 bits per heavy atom. The number of nitrogens with two attached hydrogens (primary N) is 4. The third-order valence-corrected chi connectivity index (χ3v) is 10.3. The Bertz CT molecular complexity index is 2510. The maximum Gasteiger partial charge on any atom is 0.555 e. The number of imidazole rings is 2. The molecular weight excluding hydrogens is 931 g/mol. The van der Waals surface area contributed by atoms with Gasteiger partial charge in [0.15, 0.2) is 34.5 Å². The molecule has 0 saturated heterocycles. The first-order valence-electron chi connectivity index (χ1n) is 19.0. The Balaban J connectivity index is 0.000000258. The van der Waals surface area contributed by atoms with E-state index in [1.807, 2.05) is 0 Å². The Kier molecular flexibility index (Phi) is 18.1. The molecule has 4 aliphatic heterocycles. The number of hydrogen-bond acceptors (Lipinski definition) is 6. The summed E-state index contributed by atoms with van der Waals surface area (Å²) < 4.78 is 19.1. The van der Waals surface area contributed by atoms with Crippen LogP contribution in [0.2, 0.25) is 0 Å². The molecule has 0 amide bonds. The van der Waals surface area contributed by atoms with E-state index in [0.717, 1.165) is 14.2 Å². The van der Waals surface area contributed by atoms with Crippen molar-refractivity contribution in [3.63, 3.8) is 0 Å². The number of pyridine rings is 4. The van der Waals surface area contributed by atoms with Gasteiger partial charge in [0.05, 0.1) is 14.1 Å². The second kappa shape index (κ2) is 22.0. The van der Waals surface area contributed by atoms with Gasteiger partial charge in [0, 0.05) is 102 Å². The summed E-state index contributed by atoms with van der Waals surface area (Å²) in [5.41, 5.74) is 30.7. The van der Waals surface area contributed by atoms with Crippen LogP contribution in [0.3, 0.4) is 0 Å². The fraction of sp³-hybridized carbons (Fsp3) is 0.227. The van der Waals surface area contributed by atoms with Crippen LogP contribution in [-0.2, 0) is 53.1 Å². The number of aryl methyl sites for hydroxylation is 2. The molecule has 0 spiro atoms. The van der Waals surface area contributed by atoms with E-state index < -0.39 is 0 Å². The maximum absolute atomic E-state index is 7.00. The summed E-state index contributed by atoms with van der Waals surface area (Å²) in [6.45, 7) is 0. The van der Waals surface area contributed by atoms with E-state index in [1.165, 1.54) is 96.1 Å². The summed E-state index contributed by atoms with van der Waals surface area (Å²) >= 11 is 0. The summed E-state index contributed by atoms with van der Waals surface area (Å²) in [6.07, 6.45) is 4.62. The third kappa shape index (κ3) is 7.41. The zero-order chi connectivity index (χ0) is 42.3. The zero-order valence-corrected chi connectivity index (χ0v) is 38.8. The smallest absolute Gasteiger partial charge is 0.400 e. The normalized spacial score (nSPS) is 11.4. The van der Waals surface area contributed by atoms with Gasteiger partial charge in [-0.3, -0.25) is 0 Å². The zero-order valence-electron chi connectivity index (χ0n) is 35.3. The topological polar surface area (TPSA) is 178 Å². The summed E-state index contributed by atoms with van der Waals surface area (Å²) in [5.74, 6) is 2.52. The van der Waals surface area contributed by atoms with Crippen molar-refractivity contribution in [3.05, 3.63) is 134 Å². The summed E-state index contributed by atoms with van der Waals surface area (Å²) in [5, 5.41) is 14.0. The van der Waals surface area contributed by atoms with E-state index >= 15 is 0 Å². The standard InChI is InChI=1S/C22H18N5.C16H12N3.4CH5N.2CH4O.2Ru/c1-23-14-8-3-5-10-16(14)26-20(23)18-12-7-13-19-21-24(2)15-9-4-6-11-17(15)27(21)22(26)25(18)19;1-3-10-17-12(6-1)14-8-5-9-15-13-7-2-4-11-18(13)16(17)19(14)15;6*1-2;;/h3-13,22H,1-2H3;1-11,16H;4*2H2,1H3;2*2H,1H3;;/q2*+3;;;;;;;;. The number of aromatic nitrogens is 8. The van der Waals surface area contributed by atoms with Crippen molar-refractivity contribution in [3.8, 4) is 45.8 Å². The number of para-hydroxylation sites is 4. The minimum absolute atomic E-state index is 0. The van der Waals surface area contributed by atoms with Gasteiger partial charge in [0.25, 0.3) is 22.8 Å². The van der Waals surface area contributed by atoms with Gasteiger partial charge < -0.3 is 33.1 Å². The first-order chi connectivity index (χ1) is 28.7. The van der Waals surface area contributed by atoms with Crippen LogP contribution in [-0.4, -0.2) is 61.8 Å². The maximum atomic E-state index is 7.00. The Morgan fingerprint density at radius 3 is 1.15 bits per heavy atom. The molecule has 0 radical (unpaired) electrons. The molecular formula is C44H58N12O2Ru2+6. The van der Waals surface area contributed by atoms with Gasteiger partial charge in [-0.25, -0.2) is 9.13 Å². The molecule has 0 saturated carbocycles. The van der Waals surface area contributed by atoms with Crippen molar-refractivity contribution >= 4 is 22.1 Å². The van der Waals surface area contributed by atoms with Crippen LogP contribution in [0, 0.1) is 0 Å². The number of benzene rings is 2. The molecule has 16 heteroatoms. The van der Waals surface area contributed by atoms with Crippen LogP contribution in [0.5, 0.6) is 0 Å². The second-order valence-corrected chi connectivity index (χ2v) is 12.5. The van der Waals surface area contributed by atoms with Crippen LogP contribution in [0.1, 0.15) is 12.6 Å². The van der Waals surface area contributed by atoms with Crippen molar-refractivity contribution in [2.75, 3.05) is 42.4 Å². The summed E-state index contributed by atoms with van der Waals surface area (Å²) in [7, 11) is 12.3. The Labute approximate surface area is 377 Å². The minimum Gasteiger partial charge on any atom is -0.400 e. The van der Waals surface area contributed by atoms with Crippen molar-refractivity contribution in [1.82, 2.24) is 9.13 Å². The summed E-state index contributed by atoms with van der Waals surface area (Å²) in [4.78, 5) is 0. The van der Waals surface area contributed by atoms with Gasteiger partial charge in [-0.15, -0.1) is 9.13 Å². The Hall–Kier alpha value is -5.01. The molecule has 4 aliphatic rings. The predicted molar refractivity (Wildman–Crippen MR) is 225 cm³/mol. The molecule has 2 aromatic carbocycles. The fourth-order valence-corrected chi connectivity index (χ4v) is 8.54. The molecule has 6 aromatic heterocycles. The van der Waals surface area contributed by atoms with Crippen LogP contribution in [0.4, 0.5) is 0 Å². The molecule has 8 aromatic rings. The van der Waals surface area contributed by atoms with Gasteiger partial charge in [0.1, 0.15) is 0 Å². The predicted octanol–water partition coefficient (Wildman–Crippen LogP) is 0.620. The largest absolute Gasteiger partial charge is 0.555 e. The third-order valence-electron chi connectivity index (χ3n) is 10.3. The van der Waals surface area contributed by atoms with E-state index in [4.69, 9.17) is 10.2 Å². The van der Waals surface area contributed by atoms with Crippen molar-refractivity contribution in [2.45, 2.75) is 12.6 Å². The number of hydrogen-bond donors (Lipinski definition) is 6. The van der Waals surface area contributed by atoms with E-state index in [0.29, 0.717) is 0 Å². The van der Waals surface area contributed by atoms with Crippen molar-refractivity contribution < 1.29 is 76.6 Å². The van der Waals surface area contributed by atoms with Gasteiger partial charge in [0.2, 0.25) is 0 Å². The fourth-order valence-electron chi connectivity index (χ4n) is 8.54. The molecule has 316 valence electrons. The van der Waals surface area contributed by atoms with Crippen molar-refractivity contribution in [1.29, 1.82) is 0 Å². The molecule has 12 rings (SSSR count). The summed E-state index contributed by atoms with van der Waals surface area (Å²) in [6, 6.07) is 43.3. The Morgan fingerprint density at radius 2 is 0.750 bits per heavy atom. The van der Waals surface area contributed by atoms with Crippen molar-refractivity contribution in [2.24, 2.45) is 37.0 Å². The average Bonchev–Trinajstić information content (AvgIpc) is 4.15. The SMILES string of the molecule is CN.CN.CN.CN.CO.CO.C[n+]1c2n(c3ccccc31)C1n3c([n+](C)c4ccccc43)-c3cccc-2[n+]31.[Ru].[Ru].c1cc[n+]2c(c1)-c1cccc3[n+]1C2[n+]1ccccc1-3. The van der Waals surface area contributed by atoms with Gasteiger partial charge >= 0.3 is 35.6 Å². The first-order valence-corrected chi connectivity index (χ1v) is 19.0. The van der Waals surface area contributed by atoms with E-state index in [9.17, 15) is 0 Å². The molecule has 0 aliphatic carbocycles. The quantitative estimate of drug-likeness (QED) is 0.0960. The monoisotopic (exact) mass is 990 g/mol. The van der Waals surface area contributed by atoms with E-state index in [1.54, 1.807) is 0 Å². The molecule has 14 nitrogen and oxygen atoms in total. The van der Waals surface area contributed by atoms with Crippen LogP contribution >= 0.6 is 0 Å². The molecule has 0 atom stereocenters. The van der Waals surface area contributed by atoms with Gasteiger partial charge in [-0.2, -0.15) is 0 Å². The molecule has 60 heavy (non-hydrogen) atoms. The molecule has 0 bridgehead atoms.